The van der Waals surface area contributed by atoms with Gasteiger partial charge >= 0.3 is 0 Å². The first kappa shape index (κ1) is 13.4. The Morgan fingerprint density at radius 1 is 1.40 bits per heavy atom. The number of aryl methyl sites for hydroxylation is 1. The number of aromatic nitrogens is 1. The second-order valence-corrected chi connectivity index (χ2v) is 5.86. The number of rotatable bonds is 1. The fourth-order valence-corrected chi connectivity index (χ4v) is 3.31. The van der Waals surface area contributed by atoms with Crippen LogP contribution in [0.15, 0.2) is 17.1 Å². The molecule has 1 saturated carbocycles. The number of H-pyrrole nitrogens is 1. The van der Waals surface area contributed by atoms with Crippen LogP contribution in [-0.4, -0.2) is 41.1 Å². The number of pyridine rings is 1. The predicted octanol–water partition coefficient (Wildman–Crippen LogP) is 1.47. The molecule has 20 heavy (non-hydrogen) atoms. The van der Waals surface area contributed by atoms with Crippen molar-refractivity contribution >= 4 is 5.91 Å². The second kappa shape index (κ2) is 5.05. The standard InChI is InChI=1S/C15H20N2O3/c1-11-8-13(18)16-9-12(11)14(19)17-6-7-20-15(10-17)4-2-3-5-15/h8-9H,2-7,10H2,1H3,(H,16,18). The number of nitrogens with zero attached hydrogens (tertiary/aromatic N) is 1. The average Bonchev–Trinajstić information content (AvgIpc) is 2.86. The Kier molecular flexibility index (Phi) is 3.38. The molecule has 1 amide bonds. The largest absolute Gasteiger partial charge is 0.371 e. The van der Waals surface area contributed by atoms with E-state index in [0.717, 1.165) is 18.4 Å². The summed E-state index contributed by atoms with van der Waals surface area (Å²) in [6.07, 6.45) is 5.97. The molecule has 1 aromatic rings. The van der Waals surface area contributed by atoms with Crippen LogP contribution in [0.25, 0.3) is 0 Å². The van der Waals surface area contributed by atoms with E-state index >= 15 is 0 Å². The highest BCUT2D eigenvalue weighted by Gasteiger charge is 2.40. The molecule has 1 aromatic heterocycles. The highest BCUT2D eigenvalue weighted by molar-refractivity contribution is 5.95. The number of carbonyl (C=O) groups excluding carboxylic acids is 1. The van der Waals surface area contributed by atoms with Crippen LogP contribution in [0, 0.1) is 6.92 Å². The Balaban J connectivity index is 1.81. The molecule has 0 bridgehead atoms. The summed E-state index contributed by atoms with van der Waals surface area (Å²) in [6, 6.07) is 1.47. The number of hydrogen-bond acceptors (Lipinski definition) is 3. The lowest BCUT2D eigenvalue weighted by Gasteiger charge is -2.40. The Bertz CT molecular complexity index is 573. The van der Waals surface area contributed by atoms with E-state index in [1.54, 1.807) is 6.92 Å². The summed E-state index contributed by atoms with van der Waals surface area (Å²) in [5.41, 5.74) is 1.02. The van der Waals surface area contributed by atoms with Crippen molar-refractivity contribution in [2.24, 2.45) is 0 Å². The zero-order valence-corrected chi connectivity index (χ0v) is 11.8. The minimum absolute atomic E-state index is 0.00618. The van der Waals surface area contributed by atoms with Crippen LogP contribution in [0.4, 0.5) is 0 Å². The lowest BCUT2D eigenvalue weighted by atomic mass is 9.99. The first-order valence-corrected chi connectivity index (χ1v) is 7.22. The summed E-state index contributed by atoms with van der Waals surface area (Å²) >= 11 is 0. The molecule has 0 radical (unpaired) electrons. The van der Waals surface area contributed by atoms with Crippen molar-refractivity contribution in [3.05, 3.63) is 33.7 Å². The van der Waals surface area contributed by atoms with Crippen molar-refractivity contribution in [1.29, 1.82) is 0 Å². The Morgan fingerprint density at radius 2 is 2.15 bits per heavy atom. The molecule has 108 valence electrons. The van der Waals surface area contributed by atoms with Gasteiger partial charge in [0, 0.05) is 18.8 Å². The SMILES string of the molecule is Cc1cc(=O)[nH]cc1C(=O)N1CCOC2(CCCC2)C1. The Morgan fingerprint density at radius 3 is 2.85 bits per heavy atom. The molecule has 1 aliphatic carbocycles. The molecule has 0 aromatic carbocycles. The molecule has 2 aliphatic rings. The van der Waals surface area contributed by atoms with Crippen molar-refractivity contribution in [1.82, 2.24) is 9.88 Å². The normalized spacial score (nSPS) is 21.4. The minimum Gasteiger partial charge on any atom is -0.371 e. The molecule has 3 rings (SSSR count). The van der Waals surface area contributed by atoms with Gasteiger partial charge in [0.05, 0.1) is 24.3 Å². The van der Waals surface area contributed by atoms with Crippen LogP contribution in [0.5, 0.6) is 0 Å². The lowest BCUT2D eigenvalue weighted by molar-refractivity contribution is -0.0948. The number of ether oxygens (including phenoxy) is 1. The van der Waals surface area contributed by atoms with Crippen LogP contribution < -0.4 is 5.56 Å². The zero-order valence-electron chi connectivity index (χ0n) is 11.8. The summed E-state index contributed by atoms with van der Waals surface area (Å²) < 4.78 is 5.94. The van der Waals surface area contributed by atoms with Gasteiger partial charge in [-0.15, -0.1) is 0 Å². The maximum absolute atomic E-state index is 12.6. The second-order valence-electron chi connectivity index (χ2n) is 5.86. The van der Waals surface area contributed by atoms with Crippen LogP contribution in [-0.2, 0) is 4.74 Å². The van der Waals surface area contributed by atoms with Gasteiger partial charge in [-0.25, -0.2) is 0 Å². The number of morpholine rings is 1. The third-order valence-corrected chi connectivity index (χ3v) is 4.41. The van der Waals surface area contributed by atoms with Crippen LogP contribution in [0.1, 0.15) is 41.6 Å². The quantitative estimate of drug-likeness (QED) is 0.845. The monoisotopic (exact) mass is 276 g/mol. The molecule has 2 fully saturated rings. The first-order chi connectivity index (χ1) is 9.60. The zero-order chi connectivity index (χ0) is 14.2. The van der Waals surface area contributed by atoms with Gasteiger partial charge in [0.25, 0.3) is 5.91 Å². The molecule has 0 atom stereocenters. The van der Waals surface area contributed by atoms with Gasteiger partial charge in [-0.05, 0) is 25.3 Å². The third kappa shape index (κ3) is 2.38. The fourth-order valence-electron chi connectivity index (χ4n) is 3.31. The summed E-state index contributed by atoms with van der Waals surface area (Å²) in [6.45, 7) is 3.70. The van der Waals surface area contributed by atoms with Crippen molar-refractivity contribution in [3.8, 4) is 0 Å². The maximum Gasteiger partial charge on any atom is 0.255 e. The van der Waals surface area contributed by atoms with E-state index in [0.29, 0.717) is 25.3 Å². The summed E-state index contributed by atoms with van der Waals surface area (Å²) in [7, 11) is 0. The fraction of sp³-hybridized carbons (Fsp3) is 0.600. The van der Waals surface area contributed by atoms with Gasteiger partial charge in [-0.3, -0.25) is 9.59 Å². The highest BCUT2D eigenvalue weighted by atomic mass is 16.5. The molecule has 1 spiro atoms. The molecule has 2 heterocycles. The minimum atomic E-state index is -0.173. The number of carbonyl (C=O) groups is 1. The van der Waals surface area contributed by atoms with Crippen molar-refractivity contribution in [2.75, 3.05) is 19.7 Å². The third-order valence-electron chi connectivity index (χ3n) is 4.41. The van der Waals surface area contributed by atoms with E-state index in [4.69, 9.17) is 4.74 Å². The maximum atomic E-state index is 12.6. The number of hydrogen-bond donors (Lipinski definition) is 1. The van der Waals surface area contributed by atoms with Gasteiger partial charge in [0.15, 0.2) is 0 Å². The van der Waals surface area contributed by atoms with E-state index in [1.165, 1.54) is 25.1 Å². The number of aromatic amines is 1. The van der Waals surface area contributed by atoms with Gasteiger partial charge in [-0.1, -0.05) is 12.8 Å². The molecule has 5 nitrogen and oxygen atoms in total. The average molecular weight is 276 g/mol. The highest BCUT2D eigenvalue weighted by Crippen LogP contribution is 2.36. The molecule has 5 heteroatoms. The van der Waals surface area contributed by atoms with Gasteiger partial charge in [0.2, 0.25) is 5.56 Å². The van der Waals surface area contributed by atoms with E-state index < -0.39 is 0 Å². The van der Waals surface area contributed by atoms with Crippen LogP contribution in [0.3, 0.4) is 0 Å². The van der Waals surface area contributed by atoms with E-state index in [9.17, 15) is 9.59 Å². The van der Waals surface area contributed by atoms with Crippen LogP contribution in [0.2, 0.25) is 0 Å². The number of nitrogens with one attached hydrogen (secondary N) is 1. The summed E-state index contributed by atoms with van der Waals surface area (Å²) in [4.78, 5) is 28.3. The van der Waals surface area contributed by atoms with E-state index in [2.05, 4.69) is 4.98 Å². The van der Waals surface area contributed by atoms with Gasteiger partial charge in [-0.2, -0.15) is 0 Å². The topological polar surface area (TPSA) is 62.4 Å². The number of amides is 1. The van der Waals surface area contributed by atoms with Crippen molar-refractivity contribution < 1.29 is 9.53 Å². The Hall–Kier alpha value is -1.62. The molecule has 1 N–H and O–H groups in total. The molecular weight excluding hydrogens is 256 g/mol. The molecule has 0 unspecified atom stereocenters. The van der Waals surface area contributed by atoms with Crippen molar-refractivity contribution in [3.63, 3.8) is 0 Å². The van der Waals surface area contributed by atoms with Gasteiger partial charge in [0.1, 0.15) is 0 Å². The first-order valence-electron chi connectivity index (χ1n) is 7.22. The molecular formula is C15H20N2O3. The summed E-state index contributed by atoms with van der Waals surface area (Å²) in [5.74, 6) is -0.00618. The smallest absolute Gasteiger partial charge is 0.255 e. The van der Waals surface area contributed by atoms with E-state index in [-0.39, 0.29) is 17.1 Å². The summed E-state index contributed by atoms with van der Waals surface area (Å²) in [5, 5.41) is 0. The van der Waals surface area contributed by atoms with Gasteiger partial charge < -0.3 is 14.6 Å². The Labute approximate surface area is 117 Å². The van der Waals surface area contributed by atoms with Crippen molar-refractivity contribution in [2.45, 2.75) is 38.2 Å². The lowest BCUT2D eigenvalue weighted by Crippen LogP contribution is -2.52. The van der Waals surface area contributed by atoms with Crippen LogP contribution >= 0.6 is 0 Å². The predicted molar refractivity (Wildman–Crippen MR) is 74.9 cm³/mol. The molecule has 1 aliphatic heterocycles. The molecule has 1 saturated heterocycles. The van der Waals surface area contributed by atoms with E-state index in [1.807, 2.05) is 4.90 Å².